The van der Waals surface area contributed by atoms with Crippen molar-refractivity contribution >= 4 is 17.2 Å². The van der Waals surface area contributed by atoms with Crippen LogP contribution in [0.3, 0.4) is 0 Å². The van der Waals surface area contributed by atoms with Crippen LogP contribution in [0.2, 0.25) is 0 Å². The molecular weight excluding hydrogens is 417 g/mol. The first-order valence-corrected chi connectivity index (χ1v) is 11.0. The Kier molecular flexibility index (Phi) is 6.79. The Balaban J connectivity index is 1.24. The summed E-state index contributed by atoms with van der Waals surface area (Å²) in [5, 5.41) is 3.01. The monoisotopic (exact) mass is 441 g/mol. The van der Waals surface area contributed by atoms with Crippen LogP contribution in [-0.2, 0) is 11.3 Å². The first-order valence-electron chi connectivity index (χ1n) is 10.1. The van der Waals surface area contributed by atoms with Gasteiger partial charge in [0.1, 0.15) is 22.3 Å². The molecule has 0 radical (unpaired) electrons. The molecular formula is C23H24FN3O3S. The van der Waals surface area contributed by atoms with E-state index in [2.05, 4.69) is 9.88 Å². The molecule has 3 aromatic rings. The Morgan fingerprint density at radius 1 is 1.10 bits per heavy atom. The maximum Gasteiger partial charge on any atom is 0.260 e. The molecule has 1 aromatic heterocycles. The van der Waals surface area contributed by atoms with Crippen LogP contribution < -0.4 is 9.47 Å². The number of aromatic nitrogens is 1. The highest BCUT2D eigenvalue weighted by atomic mass is 32.1. The average molecular weight is 442 g/mol. The zero-order valence-corrected chi connectivity index (χ0v) is 18.1. The van der Waals surface area contributed by atoms with Crippen LogP contribution in [0, 0.1) is 5.82 Å². The van der Waals surface area contributed by atoms with E-state index in [1.165, 1.54) is 12.1 Å². The summed E-state index contributed by atoms with van der Waals surface area (Å²) in [5.41, 5.74) is 1.78. The fraction of sp³-hybridized carbons (Fsp3) is 0.304. The van der Waals surface area contributed by atoms with Crippen molar-refractivity contribution in [1.29, 1.82) is 0 Å². The molecule has 31 heavy (non-hydrogen) atoms. The third kappa shape index (κ3) is 5.59. The summed E-state index contributed by atoms with van der Waals surface area (Å²) < 4.78 is 23.9. The molecule has 0 saturated carbocycles. The molecule has 1 amide bonds. The number of carbonyl (C=O) groups is 1. The zero-order chi connectivity index (χ0) is 21.6. The number of ether oxygens (including phenoxy) is 2. The van der Waals surface area contributed by atoms with Gasteiger partial charge in [0.05, 0.1) is 19.3 Å². The largest absolute Gasteiger partial charge is 0.497 e. The van der Waals surface area contributed by atoms with Crippen LogP contribution in [0.1, 0.15) is 5.01 Å². The number of methoxy groups -OCH3 is 1. The molecule has 0 N–H and O–H groups in total. The molecule has 0 spiro atoms. The number of benzene rings is 2. The van der Waals surface area contributed by atoms with Gasteiger partial charge < -0.3 is 14.4 Å². The average Bonchev–Trinajstić information content (AvgIpc) is 3.27. The predicted octanol–water partition coefficient (Wildman–Crippen LogP) is 3.68. The maximum atomic E-state index is 13.1. The van der Waals surface area contributed by atoms with E-state index in [0.29, 0.717) is 24.6 Å². The first kappa shape index (κ1) is 21.3. The van der Waals surface area contributed by atoms with Gasteiger partial charge in [-0.05, 0) is 36.4 Å². The van der Waals surface area contributed by atoms with E-state index < -0.39 is 0 Å². The van der Waals surface area contributed by atoms with E-state index in [9.17, 15) is 9.18 Å². The highest BCUT2D eigenvalue weighted by molar-refractivity contribution is 7.09. The van der Waals surface area contributed by atoms with Gasteiger partial charge in [-0.25, -0.2) is 9.37 Å². The fourth-order valence-electron chi connectivity index (χ4n) is 3.41. The minimum atomic E-state index is -0.250. The Bertz CT molecular complexity index is 1020. The summed E-state index contributed by atoms with van der Waals surface area (Å²) in [6.45, 7) is 3.66. The first-order chi connectivity index (χ1) is 15.1. The van der Waals surface area contributed by atoms with E-state index in [1.54, 1.807) is 36.6 Å². The smallest absolute Gasteiger partial charge is 0.260 e. The number of rotatable bonds is 7. The van der Waals surface area contributed by atoms with Gasteiger partial charge in [-0.1, -0.05) is 6.07 Å². The van der Waals surface area contributed by atoms with Crippen molar-refractivity contribution in [3.63, 3.8) is 0 Å². The van der Waals surface area contributed by atoms with E-state index in [1.807, 2.05) is 28.5 Å². The standard InChI is InChI=1S/C23H24FN3O3S/c1-29-19-3-2-4-20(13-19)30-15-23(28)27-11-9-26(10-12-27)14-22-25-21(16-31-22)17-5-7-18(24)8-6-17/h2-8,13,16H,9-12,14-15H2,1H3. The summed E-state index contributed by atoms with van der Waals surface area (Å²) >= 11 is 1.60. The van der Waals surface area contributed by atoms with Gasteiger partial charge in [0, 0.05) is 43.2 Å². The van der Waals surface area contributed by atoms with E-state index >= 15 is 0 Å². The second-order valence-electron chi connectivity index (χ2n) is 7.26. The van der Waals surface area contributed by atoms with Gasteiger partial charge >= 0.3 is 0 Å². The van der Waals surface area contributed by atoms with E-state index in [0.717, 1.165) is 35.9 Å². The third-order valence-electron chi connectivity index (χ3n) is 5.18. The SMILES string of the molecule is COc1cccc(OCC(=O)N2CCN(Cc3nc(-c4ccc(F)cc4)cs3)CC2)c1. The molecule has 8 heteroatoms. The van der Waals surface area contributed by atoms with E-state index in [-0.39, 0.29) is 18.3 Å². The Morgan fingerprint density at radius 2 is 1.84 bits per heavy atom. The van der Waals surface area contributed by atoms with Crippen LogP contribution in [0.5, 0.6) is 11.5 Å². The van der Waals surface area contributed by atoms with Crippen molar-refractivity contribution < 1.29 is 18.7 Å². The van der Waals surface area contributed by atoms with Crippen molar-refractivity contribution in [2.45, 2.75) is 6.54 Å². The van der Waals surface area contributed by atoms with Crippen LogP contribution in [0.25, 0.3) is 11.3 Å². The van der Waals surface area contributed by atoms with Crippen LogP contribution >= 0.6 is 11.3 Å². The molecule has 2 heterocycles. The maximum absolute atomic E-state index is 13.1. The van der Waals surface area contributed by atoms with Crippen LogP contribution in [-0.4, -0.2) is 60.6 Å². The summed E-state index contributed by atoms with van der Waals surface area (Å²) in [6, 6.07) is 13.6. The molecule has 1 saturated heterocycles. The summed E-state index contributed by atoms with van der Waals surface area (Å²) in [6.07, 6.45) is 0. The van der Waals surface area contributed by atoms with Gasteiger partial charge in [0.15, 0.2) is 6.61 Å². The number of nitrogens with zero attached hydrogens (tertiary/aromatic N) is 3. The van der Waals surface area contributed by atoms with Crippen LogP contribution in [0.15, 0.2) is 53.9 Å². The van der Waals surface area contributed by atoms with E-state index in [4.69, 9.17) is 9.47 Å². The number of piperazine rings is 1. The molecule has 1 fully saturated rings. The number of carbonyl (C=O) groups excluding carboxylic acids is 1. The quantitative estimate of drug-likeness (QED) is 0.560. The Hall–Kier alpha value is -2.97. The molecule has 0 atom stereocenters. The molecule has 0 aliphatic carbocycles. The van der Waals surface area contributed by atoms with Crippen molar-refractivity contribution in [1.82, 2.24) is 14.8 Å². The number of amides is 1. The van der Waals surface area contributed by atoms with Crippen LogP contribution in [0.4, 0.5) is 4.39 Å². The fourth-order valence-corrected chi connectivity index (χ4v) is 4.26. The summed E-state index contributed by atoms with van der Waals surface area (Å²) in [4.78, 5) is 21.3. The van der Waals surface area contributed by atoms with Gasteiger partial charge in [0.25, 0.3) is 5.91 Å². The normalized spacial score (nSPS) is 14.5. The molecule has 1 aliphatic rings. The zero-order valence-electron chi connectivity index (χ0n) is 17.3. The van der Waals surface area contributed by atoms with Crippen molar-refractivity contribution in [3.05, 3.63) is 64.7 Å². The number of halogens is 1. The van der Waals surface area contributed by atoms with Gasteiger partial charge in [-0.15, -0.1) is 11.3 Å². The molecule has 2 aromatic carbocycles. The lowest BCUT2D eigenvalue weighted by Crippen LogP contribution is -2.49. The molecule has 6 nitrogen and oxygen atoms in total. The highest BCUT2D eigenvalue weighted by Gasteiger charge is 2.22. The number of hydrogen-bond acceptors (Lipinski definition) is 6. The number of hydrogen-bond donors (Lipinski definition) is 0. The lowest BCUT2D eigenvalue weighted by Gasteiger charge is -2.34. The minimum absolute atomic E-state index is 0.0146. The van der Waals surface area contributed by atoms with Crippen molar-refractivity contribution in [3.8, 4) is 22.8 Å². The minimum Gasteiger partial charge on any atom is -0.497 e. The molecule has 0 bridgehead atoms. The Labute approximate surface area is 184 Å². The summed E-state index contributed by atoms with van der Waals surface area (Å²) in [7, 11) is 1.60. The topological polar surface area (TPSA) is 54.9 Å². The second-order valence-corrected chi connectivity index (χ2v) is 8.20. The second kappa shape index (κ2) is 9.89. The number of thiazole rings is 1. The Morgan fingerprint density at radius 3 is 2.58 bits per heavy atom. The lowest BCUT2D eigenvalue weighted by molar-refractivity contribution is -0.135. The lowest BCUT2D eigenvalue weighted by atomic mass is 10.2. The van der Waals surface area contributed by atoms with Gasteiger partial charge in [0.2, 0.25) is 0 Å². The molecule has 0 unspecified atom stereocenters. The van der Waals surface area contributed by atoms with Crippen molar-refractivity contribution in [2.24, 2.45) is 0 Å². The van der Waals surface area contributed by atoms with Gasteiger partial charge in [-0.3, -0.25) is 9.69 Å². The molecule has 1 aliphatic heterocycles. The third-order valence-corrected chi connectivity index (χ3v) is 6.01. The van der Waals surface area contributed by atoms with Gasteiger partial charge in [-0.2, -0.15) is 0 Å². The summed E-state index contributed by atoms with van der Waals surface area (Å²) in [5.74, 6) is 1.05. The highest BCUT2D eigenvalue weighted by Crippen LogP contribution is 2.23. The van der Waals surface area contributed by atoms with Crippen molar-refractivity contribution in [2.75, 3.05) is 39.9 Å². The molecule has 162 valence electrons. The molecule has 4 rings (SSSR count). The predicted molar refractivity (Wildman–Crippen MR) is 118 cm³/mol.